The van der Waals surface area contributed by atoms with Crippen LogP contribution in [0.15, 0.2) is 18.5 Å². The molecular formula is C16H23N3O. The van der Waals surface area contributed by atoms with Gasteiger partial charge in [0.25, 0.3) is 5.91 Å². The molecule has 2 N–H and O–H groups in total. The Labute approximate surface area is 120 Å². The molecule has 108 valence electrons. The Balaban J connectivity index is 1.77. The standard InChI is InChI=1S/C16H23N3O/c17-14-5-9-18-11-13(14)15(20)19-10-4-8-16(12-19)6-2-1-3-7-16/h5,9,11H,1-4,6-8,10,12H2,(H2,17,18). The highest BCUT2D eigenvalue weighted by Crippen LogP contribution is 2.43. The molecule has 0 atom stereocenters. The molecule has 1 aliphatic heterocycles. The third kappa shape index (κ3) is 2.51. The van der Waals surface area contributed by atoms with Crippen molar-refractivity contribution in [1.29, 1.82) is 0 Å². The minimum absolute atomic E-state index is 0.0558. The second-order valence-corrected chi connectivity index (χ2v) is 6.35. The largest absolute Gasteiger partial charge is 0.398 e. The van der Waals surface area contributed by atoms with E-state index in [1.165, 1.54) is 38.5 Å². The molecule has 3 rings (SSSR count). The maximum atomic E-state index is 12.7. The highest BCUT2D eigenvalue weighted by Gasteiger charge is 2.38. The third-order valence-corrected chi connectivity index (χ3v) is 4.95. The molecule has 4 nitrogen and oxygen atoms in total. The summed E-state index contributed by atoms with van der Waals surface area (Å²) in [7, 11) is 0. The van der Waals surface area contributed by atoms with E-state index in [-0.39, 0.29) is 5.91 Å². The van der Waals surface area contributed by atoms with Crippen molar-refractivity contribution in [2.24, 2.45) is 5.41 Å². The van der Waals surface area contributed by atoms with Crippen molar-refractivity contribution in [3.8, 4) is 0 Å². The van der Waals surface area contributed by atoms with Crippen molar-refractivity contribution in [2.75, 3.05) is 18.8 Å². The summed E-state index contributed by atoms with van der Waals surface area (Å²) in [6, 6.07) is 1.70. The smallest absolute Gasteiger partial charge is 0.257 e. The lowest BCUT2D eigenvalue weighted by Gasteiger charge is -2.45. The number of piperidine rings is 1. The van der Waals surface area contributed by atoms with Gasteiger partial charge in [-0.2, -0.15) is 0 Å². The minimum atomic E-state index is 0.0558. The Hall–Kier alpha value is -1.58. The van der Waals surface area contributed by atoms with Crippen LogP contribution >= 0.6 is 0 Å². The van der Waals surface area contributed by atoms with E-state index in [9.17, 15) is 4.79 Å². The quantitative estimate of drug-likeness (QED) is 0.856. The molecule has 1 aromatic rings. The average molecular weight is 273 g/mol. The number of aromatic nitrogens is 1. The summed E-state index contributed by atoms with van der Waals surface area (Å²) in [6.45, 7) is 1.76. The number of rotatable bonds is 1. The van der Waals surface area contributed by atoms with Gasteiger partial charge < -0.3 is 10.6 Å². The first kappa shape index (κ1) is 13.4. The van der Waals surface area contributed by atoms with Gasteiger partial charge >= 0.3 is 0 Å². The maximum Gasteiger partial charge on any atom is 0.257 e. The topological polar surface area (TPSA) is 59.2 Å². The van der Waals surface area contributed by atoms with Crippen molar-refractivity contribution >= 4 is 11.6 Å². The van der Waals surface area contributed by atoms with Crippen molar-refractivity contribution < 1.29 is 4.79 Å². The highest BCUT2D eigenvalue weighted by atomic mass is 16.2. The van der Waals surface area contributed by atoms with Gasteiger partial charge in [0.05, 0.1) is 5.56 Å². The van der Waals surface area contributed by atoms with Gasteiger partial charge in [-0.3, -0.25) is 9.78 Å². The molecule has 0 bridgehead atoms. The summed E-state index contributed by atoms with van der Waals surface area (Å²) >= 11 is 0. The summed E-state index contributed by atoms with van der Waals surface area (Å²) in [5, 5.41) is 0. The van der Waals surface area contributed by atoms with E-state index in [0.717, 1.165) is 19.5 Å². The van der Waals surface area contributed by atoms with Crippen LogP contribution in [-0.2, 0) is 0 Å². The highest BCUT2D eigenvalue weighted by molar-refractivity contribution is 5.98. The van der Waals surface area contributed by atoms with Crippen LogP contribution in [0.2, 0.25) is 0 Å². The zero-order valence-corrected chi connectivity index (χ0v) is 12.0. The fourth-order valence-corrected chi connectivity index (χ4v) is 3.85. The second-order valence-electron chi connectivity index (χ2n) is 6.35. The summed E-state index contributed by atoms with van der Waals surface area (Å²) in [5.41, 5.74) is 7.38. The zero-order valence-electron chi connectivity index (χ0n) is 12.0. The number of likely N-dealkylation sites (tertiary alicyclic amines) is 1. The van der Waals surface area contributed by atoms with Gasteiger partial charge in [-0.1, -0.05) is 19.3 Å². The van der Waals surface area contributed by atoms with E-state index in [4.69, 9.17) is 5.73 Å². The normalized spacial score (nSPS) is 21.9. The van der Waals surface area contributed by atoms with Crippen molar-refractivity contribution in [3.63, 3.8) is 0 Å². The van der Waals surface area contributed by atoms with Crippen LogP contribution < -0.4 is 5.73 Å². The number of hydrogen-bond donors (Lipinski definition) is 1. The van der Waals surface area contributed by atoms with Gasteiger partial charge in [0.1, 0.15) is 0 Å². The Morgan fingerprint density at radius 3 is 2.70 bits per heavy atom. The molecule has 1 amide bonds. The third-order valence-electron chi connectivity index (χ3n) is 4.95. The molecule has 2 aliphatic rings. The molecule has 1 aromatic heterocycles. The van der Waals surface area contributed by atoms with Gasteiger partial charge in [-0.05, 0) is 37.2 Å². The van der Waals surface area contributed by atoms with Crippen LogP contribution in [0.5, 0.6) is 0 Å². The lowest BCUT2D eigenvalue weighted by atomic mass is 9.69. The van der Waals surface area contributed by atoms with Crippen LogP contribution in [0.1, 0.15) is 55.3 Å². The van der Waals surface area contributed by atoms with Crippen molar-refractivity contribution in [3.05, 3.63) is 24.0 Å². The lowest BCUT2D eigenvalue weighted by molar-refractivity contribution is 0.0385. The second kappa shape index (κ2) is 5.43. The summed E-state index contributed by atoms with van der Waals surface area (Å²) < 4.78 is 0. The fraction of sp³-hybridized carbons (Fsp3) is 0.625. The molecular weight excluding hydrogens is 250 g/mol. The molecule has 1 saturated heterocycles. The number of hydrogen-bond acceptors (Lipinski definition) is 3. The molecule has 1 aliphatic carbocycles. The van der Waals surface area contributed by atoms with E-state index in [0.29, 0.717) is 16.7 Å². The van der Waals surface area contributed by atoms with Crippen LogP contribution in [0.25, 0.3) is 0 Å². The zero-order chi connectivity index (χ0) is 14.0. The number of nitrogens with two attached hydrogens (primary N) is 1. The first-order valence-corrected chi connectivity index (χ1v) is 7.69. The van der Waals surface area contributed by atoms with Gasteiger partial charge in [0.2, 0.25) is 0 Å². The maximum absolute atomic E-state index is 12.7. The van der Waals surface area contributed by atoms with Crippen molar-refractivity contribution in [1.82, 2.24) is 9.88 Å². The predicted molar refractivity (Wildman–Crippen MR) is 79.3 cm³/mol. The van der Waals surface area contributed by atoms with Gasteiger partial charge in [-0.15, -0.1) is 0 Å². The van der Waals surface area contributed by atoms with E-state index >= 15 is 0 Å². The number of anilines is 1. The fourth-order valence-electron chi connectivity index (χ4n) is 3.85. The number of amides is 1. The van der Waals surface area contributed by atoms with Gasteiger partial charge in [-0.25, -0.2) is 0 Å². The van der Waals surface area contributed by atoms with E-state index in [1.54, 1.807) is 18.5 Å². The summed E-state index contributed by atoms with van der Waals surface area (Å²) in [5.74, 6) is 0.0558. The number of pyridine rings is 1. The van der Waals surface area contributed by atoms with E-state index in [1.807, 2.05) is 4.90 Å². The van der Waals surface area contributed by atoms with Crippen LogP contribution in [0.3, 0.4) is 0 Å². The van der Waals surface area contributed by atoms with Gasteiger partial charge in [0, 0.05) is 31.2 Å². The van der Waals surface area contributed by atoms with E-state index in [2.05, 4.69) is 4.98 Å². The molecule has 0 radical (unpaired) electrons. The Bertz CT molecular complexity index is 489. The lowest BCUT2D eigenvalue weighted by Crippen LogP contribution is -2.47. The molecule has 20 heavy (non-hydrogen) atoms. The SMILES string of the molecule is Nc1ccncc1C(=O)N1CCCC2(CCCCC2)C1. The Morgan fingerprint density at radius 1 is 1.20 bits per heavy atom. The molecule has 2 fully saturated rings. The van der Waals surface area contributed by atoms with E-state index < -0.39 is 0 Å². The number of carbonyl (C=O) groups excluding carboxylic acids is 1. The summed E-state index contributed by atoms with van der Waals surface area (Å²) in [6.07, 6.45) is 12.2. The molecule has 0 aromatic carbocycles. The van der Waals surface area contributed by atoms with Gasteiger partial charge in [0.15, 0.2) is 0 Å². The monoisotopic (exact) mass is 273 g/mol. The minimum Gasteiger partial charge on any atom is -0.398 e. The first-order valence-electron chi connectivity index (χ1n) is 7.69. The average Bonchev–Trinajstić information content (AvgIpc) is 2.48. The molecule has 2 heterocycles. The van der Waals surface area contributed by atoms with Crippen LogP contribution in [0.4, 0.5) is 5.69 Å². The first-order chi connectivity index (χ1) is 9.70. The Kier molecular flexibility index (Phi) is 3.64. The number of carbonyl (C=O) groups is 1. The number of nitrogens with zero attached hydrogens (tertiary/aromatic N) is 2. The van der Waals surface area contributed by atoms with Crippen molar-refractivity contribution in [2.45, 2.75) is 44.9 Å². The van der Waals surface area contributed by atoms with Crippen LogP contribution in [-0.4, -0.2) is 28.9 Å². The summed E-state index contributed by atoms with van der Waals surface area (Å²) in [4.78, 5) is 18.7. The molecule has 4 heteroatoms. The Morgan fingerprint density at radius 2 is 1.95 bits per heavy atom. The predicted octanol–water partition coefficient (Wildman–Crippen LogP) is 2.85. The molecule has 1 saturated carbocycles. The molecule has 1 spiro atoms. The number of nitrogen functional groups attached to an aromatic ring is 1. The molecule has 0 unspecified atom stereocenters. The van der Waals surface area contributed by atoms with Crippen LogP contribution in [0, 0.1) is 5.41 Å².